The Balaban J connectivity index is 1.97. The third-order valence-electron chi connectivity index (χ3n) is 1.99. The third-order valence-corrected chi connectivity index (χ3v) is 3.32. The highest BCUT2D eigenvalue weighted by Gasteiger charge is 2.21. The zero-order valence-corrected chi connectivity index (χ0v) is 8.91. The summed E-state index contributed by atoms with van der Waals surface area (Å²) in [6.07, 6.45) is 2.57. The minimum atomic E-state index is 0.541. The van der Waals surface area contributed by atoms with E-state index in [0.717, 1.165) is 11.4 Å². The predicted octanol–water partition coefficient (Wildman–Crippen LogP) is 2.06. The van der Waals surface area contributed by atoms with E-state index in [1.54, 1.807) is 7.11 Å². The molecule has 3 nitrogen and oxygen atoms in total. The summed E-state index contributed by atoms with van der Waals surface area (Å²) in [5.74, 6) is 0.541. The van der Waals surface area contributed by atoms with Crippen LogP contribution in [-0.4, -0.2) is 17.5 Å². The molecule has 5 heteroatoms. The molecule has 1 saturated carbocycles. The molecule has 72 valence electrons. The summed E-state index contributed by atoms with van der Waals surface area (Å²) >= 11 is 7.41. The molecule has 1 heterocycles. The second-order valence-corrected chi connectivity index (χ2v) is 4.32. The van der Waals surface area contributed by atoms with Crippen LogP contribution in [-0.2, 0) is 6.54 Å². The standard InChI is InChI=1S/C8H11ClN2OS/c1-12-8-7(9)6(13-11-8)4-10-5-2-3-5/h5,10H,2-4H2,1H3. The SMILES string of the molecule is COc1nsc(CNC2CC2)c1Cl. The maximum Gasteiger partial charge on any atom is 0.244 e. The summed E-state index contributed by atoms with van der Waals surface area (Å²) < 4.78 is 9.07. The monoisotopic (exact) mass is 218 g/mol. The summed E-state index contributed by atoms with van der Waals surface area (Å²) in [4.78, 5) is 1.06. The molecule has 1 N–H and O–H groups in total. The van der Waals surface area contributed by atoms with E-state index >= 15 is 0 Å². The van der Waals surface area contributed by atoms with Crippen LogP contribution in [0.5, 0.6) is 5.88 Å². The first-order valence-electron chi connectivity index (χ1n) is 4.22. The molecular formula is C8H11ClN2OS. The molecule has 0 bridgehead atoms. The van der Waals surface area contributed by atoms with Gasteiger partial charge in [-0.25, -0.2) is 0 Å². The van der Waals surface area contributed by atoms with Crippen molar-refractivity contribution in [1.29, 1.82) is 0 Å². The molecular weight excluding hydrogens is 208 g/mol. The fraction of sp³-hybridized carbons (Fsp3) is 0.625. The normalized spacial score (nSPS) is 16.2. The molecule has 1 aromatic rings. The Labute approximate surface area is 86.2 Å². The number of nitrogens with zero attached hydrogens (tertiary/aromatic N) is 1. The number of nitrogens with one attached hydrogen (secondary N) is 1. The summed E-state index contributed by atoms with van der Waals surface area (Å²) in [5.41, 5.74) is 0. The van der Waals surface area contributed by atoms with Crippen molar-refractivity contribution >= 4 is 23.1 Å². The van der Waals surface area contributed by atoms with E-state index in [-0.39, 0.29) is 0 Å². The number of hydrogen-bond acceptors (Lipinski definition) is 4. The lowest BCUT2D eigenvalue weighted by Crippen LogP contribution is -2.14. The van der Waals surface area contributed by atoms with Crippen molar-refractivity contribution in [3.63, 3.8) is 0 Å². The van der Waals surface area contributed by atoms with Crippen LogP contribution in [0.25, 0.3) is 0 Å². The molecule has 1 aliphatic carbocycles. The second-order valence-electron chi connectivity index (χ2n) is 3.08. The first kappa shape index (κ1) is 9.24. The molecule has 1 aliphatic rings. The first-order valence-corrected chi connectivity index (χ1v) is 5.38. The van der Waals surface area contributed by atoms with Crippen LogP contribution in [0.3, 0.4) is 0 Å². The fourth-order valence-corrected chi connectivity index (χ4v) is 2.07. The molecule has 0 unspecified atom stereocenters. The highest BCUT2D eigenvalue weighted by atomic mass is 35.5. The van der Waals surface area contributed by atoms with Crippen molar-refractivity contribution in [3.05, 3.63) is 9.90 Å². The number of halogens is 1. The van der Waals surface area contributed by atoms with Crippen LogP contribution in [0.4, 0.5) is 0 Å². The van der Waals surface area contributed by atoms with Crippen LogP contribution in [0, 0.1) is 0 Å². The minimum Gasteiger partial charge on any atom is -0.479 e. The summed E-state index contributed by atoms with van der Waals surface area (Å²) in [6, 6.07) is 0.698. The van der Waals surface area contributed by atoms with Crippen molar-refractivity contribution in [3.8, 4) is 5.88 Å². The highest BCUT2D eigenvalue weighted by molar-refractivity contribution is 7.06. The van der Waals surface area contributed by atoms with Gasteiger partial charge in [-0.2, -0.15) is 4.37 Å². The zero-order chi connectivity index (χ0) is 9.26. The Kier molecular flexibility index (Phi) is 2.71. The van der Waals surface area contributed by atoms with E-state index in [1.807, 2.05) is 0 Å². The molecule has 0 saturated heterocycles. The number of aromatic nitrogens is 1. The van der Waals surface area contributed by atoms with E-state index in [4.69, 9.17) is 16.3 Å². The van der Waals surface area contributed by atoms with Crippen LogP contribution in [0.2, 0.25) is 5.02 Å². The van der Waals surface area contributed by atoms with Gasteiger partial charge in [0, 0.05) is 12.6 Å². The molecule has 2 rings (SSSR count). The molecule has 1 aromatic heterocycles. The topological polar surface area (TPSA) is 34.1 Å². The number of methoxy groups -OCH3 is 1. The van der Waals surface area contributed by atoms with Gasteiger partial charge < -0.3 is 10.1 Å². The predicted molar refractivity (Wildman–Crippen MR) is 53.5 cm³/mol. The lowest BCUT2D eigenvalue weighted by molar-refractivity contribution is 0.402. The Morgan fingerprint density at radius 1 is 1.69 bits per heavy atom. The van der Waals surface area contributed by atoms with Crippen molar-refractivity contribution < 1.29 is 4.74 Å². The molecule has 0 aliphatic heterocycles. The fourth-order valence-electron chi connectivity index (χ4n) is 1.06. The van der Waals surface area contributed by atoms with Crippen LogP contribution in [0.15, 0.2) is 0 Å². The largest absolute Gasteiger partial charge is 0.479 e. The van der Waals surface area contributed by atoms with Gasteiger partial charge >= 0.3 is 0 Å². The van der Waals surface area contributed by atoms with Gasteiger partial charge in [-0.1, -0.05) is 11.6 Å². The van der Waals surface area contributed by atoms with Gasteiger partial charge in [-0.15, -0.1) is 0 Å². The first-order chi connectivity index (χ1) is 6.31. The van der Waals surface area contributed by atoms with Crippen molar-refractivity contribution in [2.75, 3.05) is 7.11 Å². The molecule has 0 aromatic carbocycles. The smallest absolute Gasteiger partial charge is 0.244 e. The van der Waals surface area contributed by atoms with Crippen LogP contribution < -0.4 is 10.1 Å². The van der Waals surface area contributed by atoms with Gasteiger partial charge in [0.05, 0.1) is 12.0 Å². The number of rotatable bonds is 4. The second kappa shape index (κ2) is 3.82. The average Bonchev–Trinajstić information content (AvgIpc) is 2.89. The van der Waals surface area contributed by atoms with Gasteiger partial charge in [-0.05, 0) is 24.4 Å². The molecule has 0 amide bonds. The third kappa shape index (κ3) is 2.13. The molecule has 0 spiro atoms. The maximum absolute atomic E-state index is 6.01. The molecule has 1 fully saturated rings. The quantitative estimate of drug-likeness (QED) is 0.840. The Bertz CT molecular complexity index is 298. The lowest BCUT2D eigenvalue weighted by Gasteiger charge is -1.99. The Hall–Kier alpha value is -0.320. The van der Waals surface area contributed by atoms with Gasteiger partial charge in [0.25, 0.3) is 0 Å². The molecule has 13 heavy (non-hydrogen) atoms. The van der Waals surface area contributed by atoms with Crippen molar-refractivity contribution in [2.45, 2.75) is 25.4 Å². The zero-order valence-electron chi connectivity index (χ0n) is 7.34. The highest BCUT2D eigenvalue weighted by Crippen LogP contribution is 2.31. The minimum absolute atomic E-state index is 0.541. The van der Waals surface area contributed by atoms with E-state index in [2.05, 4.69) is 9.69 Å². The van der Waals surface area contributed by atoms with Gasteiger partial charge in [0.15, 0.2) is 0 Å². The van der Waals surface area contributed by atoms with Crippen LogP contribution >= 0.6 is 23.1 Å². The number of ether oxygens (including phenoxy) is 1. The van der Waals surface area contributed by atoms with Gasteiger partial charge in [0.1, 0.15) is 5.02 Å². The van der Waals surface area contributed by atoms with Crippen molar-refractivity contribution in [2.24, 2.45) is 0 Å². The van der Waals surface area contributed by atoms with E-state index < -0.39 is 0 Å². The average molecular weight is 219 g/mol. The van der Waals surface area contributed by atoms with E-state index in [1.165, 1.54) is 24.4 Å². The molecule has 0 atom stereocenters. The summed E-state index contributed by atoms with van der Waals surface area (Å²) in [5, 5.41) is 4.03. The van der Waals surface area contributed by atoms with Crippen molar-refractivity contribution in [1.82, 2.24) is 9.69 Å². The van der Waals surface area contributed by atoms with E-state index in [9.17, 15) is 0 Å². The van der Waals surface area contributed by atoms with Gasteiger partial charge in [0.2, 0.25) is 5.88 Å². The van der Waals surface area contributed by atoms with Gasteiger partial charge in [-0.3, -0.25) is 0 Å². The van der Waals surface area contributed by atoms with Crippen LogP contribution in [0.1, 0.15) is 17.7 Å². The summed E-state index contributed by atoms with van der Waals surface area (Å²) in [7, 11) is 1.58. The lowest BCUT2D eigenvalue weighted by atomic mass is 10.4. The maximum atomic E-state index is 6.01. The van der Waals surface area contributed by atoms with E-state index in [0.29, 0.717) is 16.9 Å². The number of hydrogen-bond donors (Lipinski definition) is 1. The Morgan fingerprint density at radius 3 is 3.00 bits per heavy atom. The summed E-state index contributed by atoms with van der Waals surface area (Å²) in [6.45, 7) is 0.810. The Morgan fingerprint density at radius 2 is 2.46 bits per heavy atom. The molecule has 0 radical (unpaired) electrons.